The van der Waals surface area contributed by atoms with Gasteiger partial charge >= 0.3 is 0 Å². The molecule has 3 aromatic rings. The maximum absolute atomic E-state index is 12.4. The molecule has 2 aromatic heterocycles. The van der Waals surface area contributed by atoms with E-state index in [0.29, 0.717) is 5.57 Å². The van der Waals surface area contributed by atoms with Gasteiger partial charge in [-0.1, -0.05) is 6.07 Å². The van der Waals surface area contributed by atoms with Crippen LogP contribution in [0.25, 0.3) is 22.8 Å². The number of aromatic nitrogens is 2. The van der Waals surface area contributed by atoms with Crippen LogP contribution in [0.4, 0.5) is 5.69 Å². The molecule has 118 valence electrons. The summed E-state index contributed by atoms with van der Waals surface area (Å²) >= 11 is 0. The predicted octanol–water partition coefficient (Wildman–Crippen LogP) is 4.19. The monoisotopic (exact) mass is 315 g/mol. The number of pyridine rings is 1. The van der Waals surface area contributed by atoms with Gasteiger partial charge in [0.05, 0.1) is 5.57 Å². The first-order chi connectivity index (χ1) is 11.6. The molecule has 1 aliphatic rings. The van der Waals surface area contributed by atoms with Crippen LogP contribution in [-0.4, -0.2) is 15.9 Å². The lowest BCUT2D eigenvalue weighted by Gasteiger charge is -2.05. The normalized spacial score (nSPS) is 14.8. The Labute approximate surface area is 140 Å². The minimum atomic E-state index is -0.0662. The van der Waals surface area contributed by atoms with Gasteiger partial charge in [0.25, 0.3) is 5.91 Å². The van der Waals surface area contributed by atoms with Crippen molar-refractivity contribution in [2.45, 2.75) is 13.8 Å². The van der Waals surface area contributed by atoms with Gasteiger partial charge in [0.1, 0.15) is 0 Å². The van der Waals surface area contributed by atoms with Gasteiger partial charge in [-0.2, -0.15) is 0 Å². The fourth-order valence-electron chi connectivity index (χ4n) is 3.10. The van der Waals surface area contributed by atoms with E-state index >= 15 is 0 Å². The van der Waals surface area contributed by atoms with E-state index in [-0.39, 0.29) is 5.91 Å². The summed E-state index contributed by atoms with van der Waals surface area (Å²) in [5.74, 6) is -0.0662. The minimum Gasteiger partial charge on any atom is -0.359 e. The molecule has 4 rings (SSSR count). The second kappa shape index (κ2) is 5.49. The maximum atomic E-state index is 12.4. The van der Waals surface area contributed by atoms with Crippen molar-refractivity contribution in [2.75, 3.05) is 5.32 Å². The quantitative estimate of drug-likeness (QED) is 0.697. The fraction of sp³-hybridized carbons (Fsp3) is 0.100. The number of amides is 1. The Bertz CT molecular complexity index is 968. The molecule has 2 N–H and O–H groups in total. The lowest BCUT2D eigenvalue weighted by atomic mass is 9.99. The highest BCUT2D eigenvalue weighted by Gasteiger charge is 2.24. The van der Waals surface area contributed by atoms with Gasteiger partial charge in [-0.25, -0.2) is 0 Å². The van der Waals surface area contributed by atoms with Crippen molar-refractivity contribution in [3.05, 3.63) is 71.3 Å². The summed E-state index contributed by atoms with van der Waals surface area (Å²) in [4.78, 5) is 19.8. The molecule has 1 amide bonds. The summed E-state index contributed by atoms with van der Waals surface area (Å²) in [6.45, 7) is 4.05. The van der Waals surface area contributed by atoms with E-state index in [1.807, 2.05) is 44.2 Å². The van der Waals surface area contributed by atoms with E-state index in [4.69, 9.17) is 0 Å². The van der Waals surface area contributed by atoms with E-state index in [1.165, 1.54) is 0 Å². The van der Waals surface area contributed by atoms with Crippen LogP contribution in [0.2, 0.25) is 0 Å². The summed E-state index contributed by atoms with van der Waals surface area (Å²) in [5.41, 5.74) is 7.81. The number of carbonyl (C=O) groups excluding carboxylic acids is 1. The second-order valence-corrected chi connectivity index (χ2v) is 6.06. The first kappa shape index (κ1) is 14.5. The summed E-state index contributed by atoms with van der Waals surface area (Å²) in [7, 11) is 0. The third-order valence-corrected chi connectivity index (χ3v) is 4.29. The van der Waals surface area contributed by atoms with Crippen LogP contribution in [0.3, 0.4) is 0 Å². The molecular formula is C20H17N3O. The highest BCUT2D eigenvalue weighted by Crippen LogP contribution is 2.36. The van der Waals surface area contributed by atoms with Gasteiger partial charge in [-0.15, -0.1) is 0 Å². The molecule has 4 nitrogen and oxygen atoms in total. The summed E-state index contributed by atoms with van der Waals surface area (Å²) in [6, 6.07) is 12.0. The van der Waals surface area contributed by atoms with E-state index in [1.54, 1.807) is 12.4 Å². The zero-order valence-electron chi connectivity index (χ0n) is 13.6. The molecule has 0 radical (unpaired) electrons. The fourth-order valence-corrected chi connectivity index (χ4v) is 3.10. The minimum absolute atomic E-state index is 0.0662. The average molecular weight is 315 g/mol. The molecule has 0 spiro atoms. The lowest BCUT2D eigenvalue weighted by Crippen LogP contribution is -2.03. The summed E-state index contributed by atoms with van der Waals surface area (Å²) < 4.78 is 0. The molecule has 0 aliphatic carbocycles. The Balaban J connectivity index is 1.83. The SMILES string of the molecule is Cc1cc(C)c(/C=C2\C(=O)Nc3ccc(-c4ccncc4)cc32)[nH]1. The smallest absolute Gasteiger partial charge is 0.256 e. The number of carbonyl (C=O) groups is 1. The number of rotatable bonds is 2. The number of nitrogens with one attached hydrogen (secondary N) is 2. The Morgan fingerprint density at radius 2 is 1.79 bits per heavy atom. The van der Waals surface area contributed by atoms with Crippen LogP contribution in [0.1, 0.15) is 22.5 Å². The van der Waals surface area contributed by atoms with Crippen LogP contribution in [0, 0.1) is 13.8 Å². The van der Waals surface area contributed by atoms with Crippen molar-refractivity contribution in [1.29, 1.82) is 0 Å². The van der Waals surface area contributed by atoms with Gasteiger partial charge in [0, 0.05) is 35.0 Å². The molecule has 0 saturated heterocycles. The second-order valence-electron chi connectivity index (χ2n) is 6.06. The van der Waals surface area contributed by atoms with E-state index < -0.39 is 0 Å². The van der Waals surface area contributed by atoms with Gasteiger partial charge < -0.3 is 10.3 Å². The predicted molar refractivity (Wildman–Crippen MR) is 96.4 cm³/mol. The Hall–Kier alpha value is -3.14. The first-order valence-electron chi connectivity index (χ1n) is 7.86. The molecule has 0 bridgehead atoms. The van der Waals surface area contributed by atoms with Gasteiger partial charge in [0.15, 0.2) is 0 Å². The molecule has 1 aliphatic heterocycles. The molecule has 4 heteroatoms. The maximum Gasteiger partial charge on any atom is 0.256 e. The van der Waals surface area contributed by atoms with Gasteiger partial charge in [-0.3, -0.25) is 9.78 Å². The Kier molecular flexibility index (Phi) is 3.31. The zero-order chi connectivity index (χ0) is 16.7. The number of nitrogens with zero attached hydrogens (tertiary/aromatic N) is 1. The van der Waals surface area contributed by atoms with Crippen molar-refractivity contribution in [3.8, 4) is 11.1 Å². The van der Waals surface area contributed by atoms with Crippen LogP contribution >= 0.6 is 0 Å². The van der Waals surface area contributed by atoms with Crippen molar-refractivity contribution < 1.29 is 4.79 Å². The molecule has 0 fully saturated rings. The number of benzene rings is 1. The molecule has 0 unspecified atom stereocenters. The average Bonchev–Trinajstić information content (AvgIpc) is 3.07. The molecule has 0 atom stereocenters. The highest BCUT2D eigenvalue weighted by atomic mass is 16.2. The molecule has 1 aromatic carbocycles. The lowest BCUT2D eigenvalue weighted by molar-refractivity contribution is -0.110. The van der Waals surface area contributed by atoms with Gasteiger partial charge in [0.2, 0.25) is 0 Å². The Morgan fingerprint density at radius 3 is 2.50 bits per heavy atom. The molecule has 0 saturated carbocycles. The van der Waals surface area contributed by atoms with Gasteiger partial charge in [-0.05, 0) is 66.9 Å². The number of hydrogen-bond acceptors (Lipinski definition) is 2. The molecular weight excluding hydrogens is 298 g/mol. The first-order valence-corrected chi connectivity index (χ1v) is 7.86. The number of H-pyrrole nitrogens is 1. The number of hydrogen-bond donors (Lipinski definition) is 2. The van der Waals surface area contributed by atoms with Crippen LogP contribution in [-0.2, 0) is 4.79 Å². The summed E-state index contributed by atoms with van der Waals surface area (Å²) in [5, 5.41) is 2.94. The van der Waals surface area contributed by atoms with Crippen LogP contribution in [0.5, 0.6) is 0 Å². The van der Waals surface area contributed by atoms with Crippen molar-refractivity contribution >= 4 is 23.2 Å². The van der Waals surface area contributed by atoms with Crippen LogP contribution in [0.15, 0.2) is 48.8 Å². The number of anilines is 1. The number of fused-ring (bicyclic) bond motifs is 1. The van der Waals surface area contributed by atoms with E-state index in [0.717, 1.165) is 39.3 Å². The third kappa shape index (κ3) is 2.42. The standard InChI is InChI=1S/C20H17N3O/c1-12-9-13(2)22-19(12)11-17-16-10-15(14-5-7-21-8-6-14)3-4-18(16)23-20(17)24/h3-11,22H,1-2H3,(H,23,24)/b17-11-. The van der Waals surface area contributed by atoms with Crippen molar-refractivity contribution in [2.24, 2.45) is 0 Å². The number of aryl methyl sites for hydroxylation is 2. The molecule has 3 heterocycles. The number of aromatic amines is 1. The Morgan fingerprint density at radius 1 is 1.00 bits per heavy atom. The van der Waals surface area contributed by atoms with E-state index in [2.05, 4.69) is 27.4 Å². The van der Waals surface area contributed by atoms with Crippen molar-refractivity contribution in [3.63, 3.8) is 0 Å². The van der Waals surface area contributed by atoms with Crippen LogP contribution < -0.4 is 5.32 Å². The topological polar surface area (TPSA) is 57.8 Å². The zero-order valence-corrected chi connectivity index (χ0v) is 13.6. The largest absolute Gasteiger partial charge is 0.359 e. The molecule has 24 heavy (non-hydrogen) atoms. The highest BCUT2D eigenvalue weighted by molar-refractivity contribution is 6.35. The third-order valence-electron chi connectivity index (χ3n) is 4.29. The van der Waals surface area contributed by atoms with E-state index in [9.17, 15) is 4.79 Å². The van der Waals surface area contributed by atoms with Crippen molar-refractivity contribution in [1.82, 2.24) is 9.97 Å². The summed E-state index contributed by atoms with van der Waals surface area (Å²) in [6.07, 6.45) is 5.47.